The van der Waals surface area contributed by atoms with E-state index in [0.29, 0.717) is 23.5 Å². The summed E-state index contributed by atoms with van der Waals surface area (Å²) in [6.45, 7) is 4.20. The summed E-state index contributed by atoms with van der Waals surface area (Å²) in [7, 11) is 4.31. The zero-order chi connectivity index (χ0) is 22.6. The third-order valence-electron chi connectivity index (χ3n) is 6.61. The number of nitrogens with zero attached hydrogens (tertiary/aromatic N) is 2. The van der Waals surface area contributed by atoms with Gasteiger partial charge in [-0.25, -0.2) is 4.98 Å². The fourth-order valence-electron chi connectivity index (χ4n) is 4.67. The second kappa shape index (κ2) is 10.9. The zero-order valence-electron chi connectivity index (χ0n) is 19.8. The summed E-state index contributed by atoms with van der Waals surface area (Å²) in [4.78, 5) is 4.57. The Morgan fingerprint density at radius 3 is 2.39 bits per heavy atom. The van der Waals surface area contributed by atoms with Gasteiger partial charge in [-0.3, -0.25) is 0 Å². The van der Waals surface area contributed by atoms with E-state index >= 15 is 0 Å². The Labute approximate surface area is 207 Å². The van der Waals surface area contributed by atoms with Crippen LogP contribution in [0.25, 0.3) is 0 Å². The van der Waals surface area contributed by atoms with Crippen LogP contribution in [0.4, 0.5) is 0 Å². The molecular weight excluding hydrogens is 480 g/mol. The molecule has 1 fully saturated rings. The van der Waals surface area contributed by atoms with E-state index in [2.05, 4.69) is 38.1 Å². The van der Waals surface area contributed by atoms with Gasteiger partial charge in [0.2, 0.25) is 5.89 Å². The van der Waals surface area contributed by atoms with Gasteiger partial charge in [-0.15, -0.1) is 0 Å². The first kappa shape index (κ1) is 25.5. The minimum Gasteiger partial charge on any atom is -1.00 e. The van der Waals surface area contributed by atoms with Gasteiger partial charge in [0.05, 0.1) is 20.3 Å². The van der Waals surface area contributed by atoms with E-state index in [1.807, 2.05) is 42.5 Å². The highest BCUT2D eigenvalue weighted by molar-refractivity contribution is 5.30. The van der Waals surface area contributed by atoms with Gasteiger partial charge in [-0.1, -0.05) is 60.9 Å². The minimum atomic E-state index is -1.18. The van der Waals surface area contributed by atoms with Gasteiger partial charge < -0.3 is 35.7 Å². The SMILES string of the molecule is Cc1ccc(OCC[N+](C)(C)Cc2cnc(C(O)(c3ccccc3)C3CCCC3)o2)cc1.[Br-]. The molecule has 0 spiro atoms. The van der Waals surface area contributed by atoms with Crippen molar-refractivity contribution in [2.45, 2.75) is 44.8 Å². The lowest BCUT2D eigenvalue weighted by Gasteiger charge is -2.32. The number of likely N-dealkylation sites (N-methyl/N-ethyl adjacent to an activating group) is 1. The van der Waals surface area contributed by atoms with Gasteiger partial charge in [0.15, 0.2) is 11.4 Å². The lowest BCUT2D eigenvalue weighted by molar-refractivity contribution is -0.904. The molecule has 0 aliphatic heterocycles. The van der Waals surface area contributed by atoms with Crippen LogP contribution >= 0.6 is 0 Å². The topological polar surface area (TPSA) is 55.5 Å². The fraction of sp³-hybridized carbons (Fsp3) is 0.444. The van der Waals surface area contributed by atoms with Crippen LogP contribution in [0.5, 0.6) is 5.75 Å². The number of oxazole rings is 1. The maximum Gasteiger partial charge on any atom is 0.231 e. The van der Waals surface area contributed by atoms with E-state index in [0.717, 1.165) is 49.3 Å². The molecule has 6 heteroatoms. The van der Waals surface area contributed by atoms with Crippen LogP contribution in [0.15, 0.2) is 65.2 Å². The average Bonchev–Trinajstić information content (AvgIpc) is 3.48. The summed E-state index contributed by atoms with van der Waals surface area (Å²) in [6, 6.07) is 18.0. The highest BCUT2D eigenvalue weighted by Gasteiger charge is 2.45. The van der Waals surface area contributed by atoms with Crippen molar-refractivity contribution in [3.63, 3.8) is 0 Å². The van der Waals surface area contributed by atoms with Crippen LogP contribution < -0.4 is 21.7 Å². The normalized spacial score (nSPS) is 16.2. The van der Waals surface area contributed by atoms with E-state index < -0.39 is 5.60 Å². The number of halogens is 1. The molecule has 1 atom stereocenters. The molecule has 1 N–H and O–H groups in total. The summed E-state index contributed by atoms with van der Waals surface area (Å²) in [6.07, 6.45) is 6.03. The predicted molar refractivity (Wildman–Crippen MR) is 125 cm³/mol. The van der Waals surface area contributed by atoms with Crippen LogP contribution in [0.2, 0.25) is 0 Å². The lowest BCUT2D eigenvalue weighted by Crippen LogP contribution is -3.00. The molecule has 0 bridgehead atoms. The number of quaternary nitrogens is 1. The molecular formula is C27H35BrN2O3. The van der Waals surface area contributed by atoms with Crippen molar-refractivity contribution >= 4 is 0 Å². The van der Waals surface area contributed by atoms with Gasteiger partial charge in [-0.05, 0) is 37.5 Å². The summed E-state index contributed by atoms with van der Waals surface area (Å²) in [5.41, 5.74) is 0.907. The van der Waals surface area contributed by atoms with Crippen molar-refractivity contribution in [3.8, 4) is 5.75 Å². The summed E-state index contributed by atoms with van der Waals surface area (Å²) >= 11 is 0. The first-order chi connectivity index (χ1) is 15.4. The highest BCUT2D eigenvalue weighted by atomic mass is 79.9. The number of aromatic nitrogens is 1. The minimum absolute atomic E-state index is 0. The standard InChI is InChI=1S/C27H35N2O3.BrH/c1-21-13-15-24(16-14-21)31-18-17-29(2,3)20-25-19-28-26(32-25)27(30,23-11-7-8-12-23)22-9-5-4-6-10-22;/h4-6,9-10,13-16,19,23,30H,7-8,11-12,17-18,20H2,1-3H3;1H/q+1;/p-1. The van der Waals surface area contributed by atoms with Gasteiger partial charge in [0, 0.05) is 5.92 Å². The number of hydrogen-bond acceptors (Lipinski definition) is 4. The Hall–Kier alpha value is -2.15. The lowest BCUT2D eigenvalue weighted by atomic mass is 9.80. The van der Waals surface area contributed by atoms with Crippen molar-refractivity contribution in [2.24, 2.45) is 5.92 Å². The highest BCUT2D eigenvalue weighted by Crippen LogP contribution is 2.44. The maximum absolute atomic E-state index is 11.9. The predicted octanol–water partition coefficient (Wildman–Crippen LogP) is 2.07. The third kappa shape index (κ3) is 6.05. The van der Waals surface area contributed by atoms with Crippen LogP contribution in [-0.2, 0) is 12.1 Å². The monoisotopic (exact) mass is 514 g/mol. The molecule has 1 aliphatic carbocycles. The molecule has 33 heavy (non-hydrogen) atoms. The molecule has 1 heterocycles. The molecule has 1 aliphatic rings. The molecule has 2 aromatic carbocycles. The van der Waals surface area contributed by atoms with Crippen LogP contribution in [0.1, 0.15) is 48.5 Å². The van der Waals surface area contributed by atoms with Crippen molar-refractivity contribution in [1.82, 2.24) is 4.98 Å². The van der Waals surface area contributed by atoms with Crippen molar-refractivity contribution in [3.05, 3.63) is 83.6 Å². The first-order valence-corrected chi connectivity index (χ1v) is 11.6. The van der Waals surface area contributed by atoms with Crippen LogP contribution in [0, 0.1) is 12.8 Å². The van der Waals surface area contributed by atoms with Crippen LogP contribution in [-0.4, -0.2) is 41.8 Å². The Morgan fingerprint density at radius 1 is 1.06 bits per heavy atom. The smallest absolute Gasteiger partial charge is 0.231 e. The molecule has 1 unspecified atom stereocenters. The Morgan fingerprint density at radius 2 is 1.73 bits per heavy atom. The quantitative estimate of drug-likeness (QED) is 0.444. The van der Waals surface area contributed by atoms with Crippen molar-refractivity contribution in [2.75, 3.05) is 27.2 Å². The molecule has 3 aromatic rings. The summed E-state index contributed by atoms with van der Waals surface area (Å²) < 4.78 is 12.8. The number of ether oxygens (including phenoxy) is 1. The molecule has 178 valence electrons. The van der Waals surface area contributed by atoms with E-state index in [1.165, 1.54) is 5.56 Å². The Kier molecular flexibility index (Phi) is 8.38. The van der Waals surface area contributed by atoms with E-state index in [4.69, 9.17) is 9.15 Å². The molecule has 1 saturated carbocycles. The van der Waals surface area contributed by atoms with Crippen LogP contribution in [0.3, 0.4) is 0 Å². The van der Waals surface area contributed by atoms with Gasteiger partial charge >= 0.3 is 0 Å². The Balaban J connectivity index is 0.00000306. The fourth-order valence-corrected chi connectivity index (χ4v) is 4.67. The third-order valence-corrected chi connectivity index (χ3v) is 6.61. The van der Waals surface area contributed by atoms with E-state index in [-0.39, 0.29) is 22.9 Å². The largest absolute Gasteiger partial charge is 1.00 e. The maximum atomic E-state index is 11.9. The van der Waals surface area contributed by atoms with E-state index in [9.17, 15) is 5.11 Å². The number of rotatable bonds is 9. The van der Waals surface area contributed by atoms with Crippen molar-refractivity contribution in [1.29, 1.82) is 0 Å². The molecule has 5 nitrogen and oxygen atoms in total. The number of aliphatic hydroxyl groups is 1. The molecule has 0 saturated heterocycles. The number of aryl methyl sites for hydroxylation is 1. The summed E-state index contributed by atoms with van der Waals surface area (Å²) in [5, 5.41) is 11.9. The van der Waals surface area contributed by atoms with Gasteiger partial charge in [-0.2, -0.15) is 0 Å². The second-order valence-electron chi connectivity index (χ2n) is 9.72. The zero-order valence-corrected chi connectivity index (χ0v) is 21.4. The Bertz CT molecular complexity index is 998. The summed E-state index contributed by atoms with van der Waals surface area (Å²) in [5.74, 6) is 2.22. The van der Waals surface area contributed by atoms with Gasteiger partial charge in [0.1, 0.15) is 25.4 Å². The molecule has 0 amide bonds. The van der Waals surface area contributed by atoms with Crippen molar-refractivity contribution < 1.29 is 35.7 Å². The number of benzene rings is 2. The molecule has 4 rings (SSSR count). The number of hydrogen-bond donors (Lipinski definition) is 1. The molecule has 1 aromatic heterocycles. The van der Waals surface area contributed by atoms with E-state index in [1.54, 1.807) is 6.20 Å². The molecule has 0 radical (unpaired) electrons. The van der Waals surface area contributed by atoms with Gasteiger partial charge in [0.25, 0.3) is 0 Å². The second-order valence-corrected chi connectivity index (χ2v) is 9.72. The average molecular weight is 515 g/mol. The first-order valence-electron chi connectivity index (χ1n) is 11.6.